The Labute approximate surface area is 97.9 Å². The van der Waals surface area contributed by atoms with E-state index in [2.05, 4.69) is 0 Å². The van der Waals surface area contributed by atoms with Crippen molar-refractivity contribution in [2.24, 2.45) is 5.90 Å². The quantitative estimate of drug-likeness (QED) is 0.688. The molecular weight excluding hydrogens is 218 g/mol. The fourth-order valence-electron chi connectivity index (χ4n) is 2.24. The lowest BCUT2D eigenvalue weighted by atomic mass is 10.1. The number of furan rings is 2. The van der Waals surface area contributed by atoms with Gasteiger partial charge in [0.25, 0.3) is 0 Å². The monoisotopic (exact) mass is 231 g/mol. The largest absolute Gasteiger partial charge is 0.461 e. The summed E-state index contributed by atoms with van der Waals surface area (Å²) in [7, 11) is 0. The summed E-state index contributed by atoms with van der Waals surface area (Å²) in [5.41, 5.74) is 2.59. The third-order valence-electron chi connectivity index (χ3n) is 2.88. The van der Waals surface area contributed by atoms with Gasteiger partial charge in [-0.2, -0.15) is 0 Å². The van der Waals surface area contributed by atoms with Gasteiger partial charge in [-0.1, -0.05) is 0 Å². The van der Waals surface area contributed by atoms with Gasteiger partial charge in [0.05, 0.1) is 6.61 Å². The average Bonchev–Trinajstić information content (AvgIpc) is 2.79. The van der Waals surface area contributed by atoms with Crippen LogP contribution in [0.2, 0.25) is 0 Å². The van der Waals surface area contributed by atoms with Crippen LogP contribution in [0.1, 0.15) is 17.1 Å². The van der Waals surface area contributed by atoms with Crippen LogP contribution in [-0.4, -0.2) is 0 Å². The van der Waals surface area contributed by atoms with Crippen molar-refractivity contribution in [1.29, 1.82) is 0 Å². The van der Waals surface area contributed by atoms with E-state index in [9.17, 15) is 0 Å². The van der Waals surface area contributed by atoms with Gasteiger partial charge in [0.2, 0.25) is 0 Å². The van der Waals surface area contributed by atoms with Crippen LogP contribution in [0.4, 0.5) is 0 Å². The molecule has 0 amide bonds. The van der Waals surface area contributed by atoms with Gasteiger partial charge in [-0.3, -0.25) is 4.84 Å². The number of aryl methyl sites for hydroxylation is 2. The lowest BCUT2D eigenvalue weighted by Gasteiger charge is -2.01. The summed E-state index contributed by atoms with van der Waals surface area (Å²) in [5.74, 6) is 6.91. The maximum absolute atomic E-state index is 5.69. The standard InChI is InChI=1S/C13H13NO3/c1-7-3-9-5-12-10(4-8(2)16-12)11(6-15-14)13(9)17-7/h3-5H,6,14H2,1-2H3. The smallest absolute Gasteiger partial charge is 0.140 e. The van der Waals surface area contributed by atoms with Crippen LogP contribution >= 0.6 is 0 Å². The molecule has 0 fully saturated rings. The second-order valence-electron chi connectivity index (χ2n) is 4.21. The molecule has 3 aromatic rings. The molecule has 0 aliphatic heterocycles. The number of rotatable bonds is 2. The molecule has 88 valence electrons. The van der Waals surface area contributed by atoms with E-state index >= 15 is 0 Å². The van der Waals surface area contributed by atoms with Crippen molar-refractivity contribution < 1.29 is 13.7 Å². The fraction of sp³-hybridized carbons (Fsp3) is 0.231. The molecule has 0 aliphatic carbocycles. The molecule has 0 radical (unpaired) electrons. The van der Waals surface area contributed by atoms with Gasteiger partial charge in [0.1, 0.15) is 22.7 Å². The van der Waals surface area contributed by atoms with Crippen LogP contribution < -0.4 is 5.90 Å². The van der Waals surface area contributed by atoms with Gasteiger partial charge in [-0.25, -0.2) is 5.90 Å². The molecule has 0 bridgehead atoms. The Kier molecular flexibility index (Phi) is 2.21. The maximum Gasteiger partial charge on any atom is 0.140 e. The number of fused-ring (bicyclic) bond motifs is 2. The number of nitrogens with two attached hydrogens (primary N) is 1. The van der Waals surface area contributed by atoms with Crippen molar-refractivity contribution in [2.45, 2.75) is 20.5 Å². The third kappa shape index (κ3) is 1.53. The summed E-state index contributed by atoms with van der Waals surface area (Å²) >= 11 is 0. The minimum absolute atomic E-state index is 0.305. The molecule has 2 N–H and O–H groups in total. The molecule has 1 aromatic carbocycles. The van der Waals surface area contributed by atoms with E-state index in [0.29, 0.717) is 6.61 Å². The van der Waals surface area contributed by atoms with Crippen LogP contribution in [0.3, 0.4) is 0 Å². The maximum atomic E-state index is 5.69. The van der Waals surface area contributed by atoms with E-state index < -0.39 is 0 Å². The van der Waals surface area contributed by atoms with Crippen molar-refractivity contribution >= 4 is 21.9 Å². The van der Waals surface area contributed by atoms with E-state index in [4.69, 9.17) is 19.6 Å². The Morgan fingerprint density at radius 3 is 2.65 bits per heavy atom. The van der Waals surface area contributed by atoms with Crippen LogP contribution in [0, 0.1) is 13.8 Å². The Bertz CT molecular complexity index is 639. The Morgan fingerprint density at radius 2 is 1.88 bits per heavy atom. The normalized spacial score (nSPS) is 11.7. The first-order chi connectivity index (χ1) is 8.19. The van der Waals surface area contributed by atoms with Crippen molar-refractivity contribution in [3.63, 3.8) is 0 Å². The van der Waals surface area contributed by atoms with Gasteiger partial charge < -0.3 is 8.83 Å². The number of hydrogen-bond acceptors (Lipinski definition) is 4. The minimum atomic E-state index is 0.305. The predicted octanol–water partition coefficient (Wildman–Crippen LogP) is 3.19. The highest BCUT2D eigenvalue weighted by Gasteiger charge is 2.14. The predicted molar refractivity (Wildman–Crippen MR) is 64.4 cm³/mol. The first-order valence-corrected chi connectivity index (χ1v) is 5.43. The SMILES string of the molecule is Cc1cc2c(CON)c3oc(C)cc3cc2o1. The molecule has 0 spiro atoms. The lowest BCUT2D eigenvalue weighted by Crippen LogP contribution is -1.99. The first kappa shape index (κ1) is 10.4. The van der Waals surface area contributed by atoms with E-state index in [0.717, 1.165) is 39.0 Å². The van der Waals surface area contributed by atoms with Crippen LogP contribution in [0.5, 0.6) is 0 Å². The van der Waals surface area contributed by atoms with Gasteiger partial charge in [0, 0.05) is 16.3 Å². The summed E-state index contributed by atoms with van der Waals surface area (Å²) < 4.78 is 11.3. The zero-order valence-electron chi connectivity index (χ0n) is 9.74. The first-order valence-electron chi connectivity index (χ1n) is 5.43. The number of hydrogen-bond donors (Lipinski definition) is 1. The highest BCUT2D eigenvalue weighted by Crippen LogP contribution is 2.32. The van der Waals surface area contributed by atoms with Gasteiger partial charge >= 0.3 is 0 Å². The van der Waals surface area contributed by atoms with E-state index in [-0.39, 0.29) is 0 Å². The fourth-order valence-corrected chi connectivity index (χ4v) is 2.24. The van der Waals surface area contributed by atoms with Crippen molar-refractivity contribution in [3.05, 3.63) is 35.3 Å². The highest BCUT2D eigenvalue weighted by molar-refractivity contribution is 5.98. The molecule has 0 saturated heterocycles. The van der Waals surface area contributed by atoms with E-state index in [1.165, 1.54) is 0 Å². The summed E-state index contributed by atoms with van der Waals surface area (Å²) in [6, 6.07) is 5.93. The molecule has 0 aliphatic rings. The molecule has 3 rings (SSSR count). The Morgan fingerprint density at radius 1 is 1.12 bits per heavy atom. The lowest BCUT2D eigenvalue weighted by molar-refractivity contribution is 0.125. The van der Waals surface area contributed by atoms with E-state index in [1.54, 1.807) is 0 Å². The van der Waals surface area contributed by atoms with Crippen LogP contribution in [0.25, 0.3) is 21.9 Å². The molecule has 4 heteroatoms. The zero-order chi connectivity index (χ0) is 12.0. The average molecular weight is 231 g/mol. The van der Waals surface area contributed by atoms with Gasteiger partial charge in [0.15, 0.2) is 0 Å². The van der Waals surface area contributed by atoms with E-state index in [1.807, 2.05) is 32.0 Å². The van der Waals surface area contributed by atoms with Crippen molar-refractivity contribution in [3.8, 4) is 0 Å². The minimum Gasteiger partial charge on any atom is -0.461 e. The third-order valence-corrected chi connectivity index (χ3v) is 2.88. The second kappa shape index (κ2) is 3.61. The molecule has 0 unspecified atom stereocenters. The van der Waals surface area contributed by atoms with Crippen molar-refractivity contribution in [2.75, 3.05) is 0 Å². The van der Waals surface area contributed by atoms with Gasteiger partial charge in [-0.15, -0.1) is 0 Å². The van der Waals surface area contributed by atoms with Gasteiger partial charge in [-0.05, 0) is 32.0 Å². The molecule has 2 aromatic heterocycles. The van der Waals surface area contributed by atoms with Crippen LogP contribution in [-0.2, 0) is 11.4 Å². The summed E-state index contributed by atoms with van der Waals surface area (Å²) in [4.78, 5) is 4.76. The Balaban J connectivity index is 2.44. The Hall–Kier alpha value is -1.78. The van der Waals surface area contributed by atoms with Crippen molar-refractivity contribution in [1.82, 2.24) is 0 Å². The summed E-state index contributed by atoms with van der Waals surface area (Å²) in [6.07, 6.45) is 0. The molecule has 0 atom stereocenters. The highest BCUT2D eigenvalue weighted by atomic mass is 16.6. The molecular formula is C13H13NO3. The molecule has 2 heterocycles. The summed E-state index contributed by atoms with van der Waals surface area (Å²) in [5, 5.41) is 2.01. The topological polar surface area (TPSA) is 61.5 Å². The van der Waals surface area contributed by atoms with Crippen LogP contribution in [0.15, 0.2) is 27.0 Å². The molecule has 17 heavy (non-hydrogen) atoms. The second-order valence-corrected chi connectivity index (χ2v) is 4.21. The summed E-state index contributed by atoms with van der Waals surface area (Å²) in [6.45, 7) is 4.14. The molecule has 0 saturated carbocycles. The number of benzene rings is 1. The molecule has 4 nitrogen and oxygen atoms in total. The zero-order valence-corrected chi connectivity index (χ0v) is 9.74.